The molecule has 0 spiro atoms. The topological polar surface area (TPSA) is 114 Å². The SMILES string of the molecule is NS(=O)(=O)Nc1cccc(NC(=O)c2cccnc2Br)c1. The lowest BCUT2D eigenvalue weighted by molar-refractivity contribution is 0.102. The zero-order valence-electron chi connectivity index (χ0n) is 10.6. The first-order valence-corrected chi connectivity index (χ1v) is 8.01. The summed E-state index contributed by atoms with van der Waals surface area (Å²) in [5, 5.41) is 7.53. The molecular formula is C12H11BrN4O3S. The molecule has 0 atom stereocenters. The van der Waals surface area contributed by atoms with Crippen LogP contribution in [0.4, 0.5) is 11.4 Å². The second-order valence-corrected chi connectivity index (χ2v) is 6.07. The van der Waals surface area contributed by atoms with Crippen LogP contribution < -0.4 is 15.2 Å². The van der Waals surface area contributed by atoms with E-state index >= 15 is 0 Å². The number of nitrogens with one attached hydrogen (secondary N) is 2. The molecule has 7 nitrogen and oxygen atoms in total. The average Bonchev–Trinajstić information content (AvgIpc) is 2.37. The van der Waals surface area contributed by atoms with Gasteiger partial charge in [0.15, 0.2) is 0 Å². The lowest BCUT2D eigenvalue weighted by Gasteiger charge is -2.08. The van der Waals surface area contributed by atoms with Gasteiger partial charge in [-0.15, -0.1) is 0 Å². The Morgan fingerprint density at radius 2 is 1.90 bits per heavy atom. The van der Waals surface area contributed by atoms with Crippen LogP contribution >= 0.6 is 15.9 Å². The van der Waals surface area contributed by atoms with Crippen LogP contribution in [-0.2, 0) is 10.2 Å². The number of benzene rings is 1. The van der Waals surface area contributed by atoms with Crippen molar-refractivity contribution >= 4 is 43.4 Å². The predicted molar refractivity (Wildman–Crippen MR) is 83.1 cm³/mol. The van der Waals surface area contributed by atoms with Gasteiger partial charge in [-0.25, -0.2) is 10.1 Å². The number of aromatic nitrogens is 1. The number of nitrogens with two attached hydrogens (primary N) is 1. The lowest BCUT2D eigenvalue weighted by Crippen LogP contribution is -2.21. The Kier molecular flexibility index (Phi) is 4.56. The van der Waals surface area contributed by atoms with Crippen molar-refractivity contribution in [2.24, 2.45) is 5.14 Å². The molecule has 2 aromatic rings. The van der Waals surface area contributed by atoms with E-state index in [4.69, 9.17) is 5.14 Å². The summed E-state index contributed by atoms with van der Waals surface area (Å²) in [5.41, 5.74) is 1.03. The van der Waals surface area contributed by atoms with Gasteiger partial charge >= 0.3 is 0 Å². The fraction of sp³-hybridized carbons (Fsp3) is 0. The fourth-order valence-electron chi connectivity index (χ4n) is 1.58. The summed E-state index contributed by atoms with van der Waals surface area (Å²) in [6.07, 6.45) is 1.55. The molecule has 0 aliphatic carbocycles. The number of anilines is 2. The highest BCUT2D eigenvalue weighted by Gasteiger charge is 2.11. The monoisotopic (exact) mass is 370 g/mol. The van der Waals surface area contributed by atoms with Crippen LogP contribution in [0.15, 0.2) is 47.2 Å². The Hall–Kier alpha value is -1.97. The van der Waals surface area contributed by atoms with Gasteiger partial charge in [0.25, 0.3) is 16.1 Å². The van der Waals surface area contributed by atoms with Gasteiger partial charge in [0.05, 0.1) is 11.3 Å². The van der Waals surface area contributed by atoms with E-state index in [9.17, 15) is 13.2 Å². The summed E-state index contributed by atoms with van der Waals surface area (Å²) in [4.78, 5) is 16.0. The van der Waals surface area contributed by atoms with E-state index in [1.807, 2.05) is 0 Å². The van der Waals surface area contributed by atoms with E-state index < -0.39 is 10.2 Å². The summed E-state index contributed by atoms with van der Waals surface area (Å²) in [6.45, 7) is 0. The minimum absolute atomic E-state index is 0.251. The largest absolute Gasteiger partial charge is 0.322 e. The summed E-state index contributed by atoms with van der Waals surface area (Å²) >= 11 is 3.18. The maximum atomic E-state index is 12.1. The van der Waals surface area contributed by atoms with Crippen LogP contribution in [-0.4, -0.2) is 19.3 Å². The van der Waals surface area contributed by atoms with Crippen molar-refractivity contribution in [1.82, 2.24) is 4.98 Å². The molecule has 110 valence electrons. The summed E-state index contributed by atoms with van der Waals surface area (Å²) < 4.78 is 24.5. The number of halogens is 1. The number of hydrogen-bond donors (Lipinski definition) is 3. The van der Waals surface area contributed by atoms with Crippen molar-refractivity contribution in [3.8, 4) is 0 Å². The molecule has 1 heterocycles. The zero-order chi connectivity index (χ0) is 15.5. The molecule has 2 rings (SSSR count). The smallest absolute Gasteiger partial charge is 0.296 e. The molecule has 0 bridgehead atoms. The molecule has 0 radical (unpaired) electrons. The van der Waals surface area contributed by atoms with E-state index in [-0.39, 0.29) is 11.6 Å². The molecule has 1 aromatic heterocycles. The fourth-order valence-corrected chi connectivity index (χ4v) is 2.46. The molecule has 21 heavy (non-hydrogen) atoms. The van der Waals surface area contributed by atoms with Gasteiger partial charge in [0, 0.05) is 11.9 Å². The van der Waals surface area contributed by atoms with E-state index in [2.05, 4.69) is 31.0 Å². The number of hydrogen-bond acceptors (Lipinski definition) is 4. The van der Waals surface area contributed by atoms with Crippen LogP contribution in [0.5, 0.6) is 0 Å². The summed E-state index contributed by atoms with van der Waals surface area (Å²) in [5.74, 6) is -0.372. The molecule has 1 amide bonds. The third-order valence-corrected chi connectivity index (χ3v) is 3.54. The highest BCUT2D eigenvalue weighted by atomic mass is 79.9. The van der Waals surface area contributed by atoms with E-state index in [0.717, 1.165) is 0 Å². The molecule has 0 saturated carbocycles. The second-order valence-electron chi connectivity index (χ2n) is 4.02. The predicted octanol–water partition coefficient (Wildman–Crippen LogP) is 1.71. The molecule has 0 aliphatic rings. The first-order chi connectivity index (χ1) is 9.85. The van der Waals surface area contributed by atoms with Crippen LogP contribution in [0.3, 0.4) is 0 Å². The number of rotatable bonds is 4. The third-order valence-electron chi connectivity index (χ3n) is 2.38. The first-order valence-electron chi connectivity index (χ1n) is 5.67. The quantitative estimate of drug-likeness (QED) is 0.710. The van der Waals surface area contributed by atoms with Crippen LogP contribution in [0.2, 0.25) is 0 Å². The van der Waals surface area contributed by atoms with Crippen LogP contribution in [0.25, 0.3) is 0 Å². The zero-order valence-corrected chi connectivity index (χ0v) is 13.0. The number of carbonyl (C=O) groups is 1. The molecule has 0 aliphatic heterocycles. The van der Waals surface area contributed by atoms with Crippen molar-refractivity contribution in [2.45, 2.75) is 0 Å². The molecule has 1 aromatic carbocycles. The standard InChI is InChI=1S/C12H11BrN4O3S/c13-11-10(5-2-6-15-11)12(18)16-8-3-1-4-9(7-8)17-21(14,19)20/h1-7,17H,(H,16,18)(H2,14,19,20). The Morgan fingerprint density at radius 1 is 1.19 bits per heavy atom. The van der Waals surface area contributed by atoms with Crippen LogP contribution in [0, 0.1) is 0 Å². The molecule has 0 fully saturated rings. The number of carbonyl (C=O) groups excluding carboxylic acids is 1. The normalized spacial score (nSPS) is 11.0. The summed E-state index contributed by atoms with van der Waals surface area (Å²) in [7, 11) is -3.86. The van der Waals surface area contributed by atoms with E-state index in [1.54, 1.807) is 30.5 Å². The Balaban J connectivity index is 2.19. The van der Waals surface area contributed by atoms with Crippen molar-refractivity contribution in [3.63, 3.8) is 0 Å². The minimum atomic E-state index is -3.86. The van der Waals surface area contributed by atoms with Gasteiger partial charge in [0.1, 0.15) is 4.60 Å². The van der Waals surface area contributed by atoms with Gasteiger partial charge < -0.3 is 5.32 Å². The van der Waals surface area contributed by atoms with Gasteiger partial charge in [-0.3, -0.25) is 9.52 Å². The van der Waals surface area contributed by atoms with Gasteiger partial charge in [0.2, 0.25) is 0 Å². The van der Waals surface area contributed by atoms with Crippen molar-refractivity contribution in [1.29, 1.82) is 0 Å². The Labute approximate surface area is 129 Å². The number of pyridine rings is 1. The minimum Gasteiger partial charge on any atom is -0.322 e. The van der Waals surface area contributed by atoms with Gasteiger partial charge in [-0.2, -0.15) is 8.42 Å². The first kappa shape index (κ1) is 15.4. The molecular weight excluding hydrogens is 360 g/mol. The second kappa shape index (κ2) is 6.20. The van der Waals surface area contributed by atoms with Gasteiger partial charge in [-0.1, -0.05) is 6.07 Å². The number of nitrogens with zero attached hydrogens (tertiary/aromatic N) is 1. The summed E-state index contributed by atoms with van der Waals surface area (Å²) in [6, 6.07) is 9.42. The molecule has 9 heteroatoms. The average molecular weight is 371 g/mol. The molecule has 0 unspecified atom stereocenters. The molecule has 0 saturated heterocycles. The highest BCUT2D eigenvalue weighted by molar-refractivity contribution is 9.10. The number of amides is 1. The van der Waals surface area contributed by atoms with Crippen molar-refractivity contribution < 1.29 is 13.2 Å². The molecule has 4 N–H and O–H groups in total. The Bertz CT molecular complexity index is 780. The maximum absolute atomic E-state index is 12.1. The van der Waals surface area contributed by atoms with Gasteiger partial charge in [-0.05, 0) is 46.3 Å². The Morgan fingerprint density at radius 3 is 2.57 bits per heavy atom. The highest BCUT2D eigenvalue weighted by Crippen LogP contribution is 2.18. The maximum Gasteiger partial charge on any atom is 0.296 e. The van der Waals surface area contributed by atoms with Crippen LogP contribution in [0.1, 0.15) is 10.4 Å². The third kappa shape index (κ3) is 4.52. The van der Waals surface area contributed by atoms with Crippen molar-refractivity contribution in [3.05, 3.63) is 52.8 Å². The van der Waals surface area contributed by atoms with Crippen molar-refractivity contribution in [2.75, 3.05) is 10.0 Å². The van der Waals surface area contributed by atoms with E-state index in [0.29, 0.717) is 15.9 Å². The van der Waals surface area contributed by atoms with E-state index in [1.165, 1.54) is 12.1 Å². The lowest BCUT2D eigenvalue weighted by atomic mass is 10.2.